The van der Waals surface area contributed by atoms with E-state index < -0.39 is 0 Å². The number of hydrogen-bond acceptors (Lipinski definition) is 5. The van der Waals surface area contributed by atoms with E-state index in [4.69, 9.17) is 14.2 Å². The smallest absolute Gasteiger partial charge is 0.160 e. The molecule has 0 bridgehead atoms. The lowest BCUT2D eigenvalue weighted by molar-refractivity contribution is -0.121. The molecule has 0 aromatic carbocycles. The van der Waals surface area contributed by atoms with Crippen LogP contribution in [0.2, 0.25) is 0 Å². The first-order valence-corrected chi connectivity index (χ1v) is 7.07. The average molecular weight is 257 g/mol. The van der Waals surface area contributed by atoms with Gasteiger partial charge in [0, 0.05) is 25.0 Å². The van der Waals surface area contributed by atoms with E-state index in [9.17, 15) is 5.11 Å². The largest absolute Gasteiger partial charge is 0.391 e. The number of morpholine rings is 1. The predicted octanol–water partition coefficient (Wildman–Crippen LogP) is 0.221. The monoisotopic (exact) mass is 257 g/mol. The molecule has 3 fully saturated rings. The molecule has 2 heterocycles. The molecule has 18 heavy (non-hydrogen) atoms. The van der Waals surface area contributed by atoms with Crippen LogP contribution in [0, 0.1) is 5.92 Å². The summed E-state index contributed by atoms with van der Waals surface area (Å²) in [5, 5.41) is 10.4. The van der Waals surface area contributed by atoms with Crippen LogP contribution in [-0.4, -0.2) is 68.0 Å². The van der Waals surface area contributed by atoms with E-state index in [0.717, 1.165) is 45.6 Å². The number of hydrogen-bond donors (Lipinski definition) is 1. The van der Waals surface area contributed by atoms with Gasteiger partial charge in [0.25, 0.3) is 0 Å². The van der Waals surface area contributed by atoms with Gasteiger partial charge in [0.05, 0.1) is 32.5 Å². The Labute approximate surface area is 108 Å². The zero-order valence-electron chi connectivity index (χ0n) is 10.8. The van der Waals surface area contributed by atoms with Gasteiger partial charge in [0.2, 0.25) is 0 Å². The highest BCUT2D eigenvalue weighted by molar-refractivity contribution is 4.88. The van der Waals surface area contributed by atoms with Gasteiger partial charge in [0.15, 0.2) is 6.29 Å². The van der Waals surface area contributed by atoms with E-state index in [0.29, 0.717) is 25.2 Å². The Morgan fingerprint density at radius 2 is 1.67 bits per heavy atom. The summed E-state index contributed by atoms with van der Waals surface area (Å²) < 4.78 is 16.5. The SMILES string of the molecule is OC1CC(C2OCCO2)CCC1N1CCOCC1. The van der Waals surface area contributed by atoms with Gasteiger partial charge in [-0.1, -0.05) is 0 Å². The Morgan fingerprint density at radius 3 is 2.33 bits per heavy atom. The Hall–Kier alpha value is -0.200. The second-order valence-electron chi connectivity index (χ2n) is 5.47. The van der Waals surface area contributed by atoms with Gasteiger partial charge >= 0.3 is 0 Å². The minimum absolute atomic E-state index is 0.0784. The molecular formula is C13H23NO4. The highest BCUT2D eigenvalue weighted by atomic mass is 16.7. The van der Waals surface area contributed by atoms with Gasteiger partial charge in [0.1, 0.15) is 0 Å². The molecule has 104 valence electrons. The third-order valence-corrected chi connectivity index (χ3v) is 4.37. The van der Waals surface area contributed by atoms with Crippen LogP contribution in [0.4, 0.5) is 0 Å². The number of aliphatic hydroxyl groups excluding tert-OH is 1. The van der Waals surface area contributed by atoms with Gasteiger partial charge in [-0.25, -0.2) is 0 Å². The van der Waals surface area contributed by atoms with Gasteiger partial charge in [-0.2, -0.15) is 0 Å². The molecule has 2 saturated heterocycles. The lowest BCUT2D eigenvalue weighted by Crippen LogP contribution is -2.52. The van der Waals surface area contributed by atoms with Crippen molar-refractivity contribution in [3.63, 3.8) is 0 Å². The van der Waals surface area contributed by atoms with Gasteiger partial charge in [-0.05, 0) is 19.3 Å². The topological polar surface area (TPSA) is 51.2 Å². The molecule has 0 spiro atoms. The predicted molar refractivity (Wildman–Crippen MR) is 65.2 cm³/mol. The van der Waals surface area contributed by atoms with E-state index in [1.54, 1.807) is 0 Å². The van der Waals surface area contributed by atoms with Gasteiger partial charge in [-0.15, -0.1) is 0 Å². The van der Waals surface area contributed by atoms with Crippen molar-refractivity contribution in [2.45, 2.75) is 37.7 Å². The molecule has 1 aliphatic carbocycles. The molecule has 1 saturated carbocycles. The molecule has 5 nitrogen and oxygen atoms in total. The summed E-state index contributed by atoms with van der Waals surface area (Å²) in [6.45, 7) is 4.88. The number of aliphatic hydroxyl groups is 1. The van der Waals surface area contributed by atoms with E-state index in [1.165, 1.54) is 0 Å². The highest BCUT2D eigenvalue weighted by Crippen LogP contribution is 2.33. The zero-order chi connectivity index (χ0) is 12.4. The summed E-state index contributed by atoms with van der Waals surface area (Å²) in [5.41, 5.74) is 0. The third kappa shape index (κ3) is 2.70. The van der Waals surface area contributed by atoms with Crippen LogP contribution in [0.1, 0.15) is 19.3 Å². The van der Waals surface area contributed by atoms with E-state index in [-0.39, 0.29) is 12.4 Å². The summed E-state index contributed by atoms with van der Waals surface area (Å²) >= 11 is 0. The van der Waals surface area contributed by atoms with Crippen LogP contribution in [-0.2, 0) is 14.2 Å². The lowest BCUT2D eigenvalue weighted by Gasteiger charge is -2.42. The third-order valence-electron chi connectivity index (χ3n) is 4.37. The van der Waals surface area contributed by atoms with Crippen molar-refractivity contribution < 1.29 is 19.3 Å². The Balaban J connectivity index is 1.54. The van der Waals surface area contributed by atoms with Crippen molar-refractivity contribution >= 4 is 0 Å². The molecule has 3 unspecified atom stereocenters. The highest BCUT2D eigenvalue weighted by Gasteiger charge is 2.38. The minimum atomic E-state index is -0.255. The molecular weight excluding hydrogens is 234 g/mol. The van der Waals surface area contributed by atoms with Gasteiger partial charge in [-0.3, -0.25) is 4.90 Å². The number of nitrogens with zero attached hydrogens (tertiary/aromatic N) is 1. The van der Waals surface area contributed by atoms with Crippen molar-refractivity contribution in [3.8, 4) is 0 Å². The molecule has 3 atom stereocenters. The minimum Gasteiger partial charge on any atom is -0.391 e. The Bertz CT molecular complexity index is 264. The first-order valence-electron chi connectivity index (χ1n) is 7.07. The first kappa shape index (κ1) is 12.8. The Morgan fingerprint density at radius 1 is 0.944 bits per heavy atom. The van der Waals surface area contributed by atoms with Crippen LogP contribution in [0.5, 0.6) is 0 Å². The van der Waals surface area contributed by atoms with Crippen LogP contribution in [0.3, 0.4) is 0 Å². The molecule has 3 aliphatic rings. The molecule has 0 aromatic heterocycles. The second kappa shape index (κ2) is 5.84. The molecule has 3 rings (SSSR count). The standard InChI is InChI=1S/C13H23NO4/c15-12-9-10(13-17-7-8-18-13)1-2-11(12)14-3-5-16-6-4-14/h10-13,15H,1-9H2. The van der Waals surface area contributed by atoms with Crippen molar-refractivity contribution in [1.82, 2.24) is 4.90 Å². The molecule has 0 amide bonds. The van der Waals surface area contributed by atoms with Crippen molar-refractivity contribution in [3.05, 3.63) is 0 Å². The van der Waals surface area contributed by atoms with Crippen molar-refractivity contribution in [1.29, 1.82) is 0 Å². The Kier molecular flexibility index (Phi) is 4.16. The lowest BCUT2D eigenvalue weighted by atomic mass is 9.82. The first-order chi connectivity index (χ1) is 8.84. The molecule has 1 N–H and O–H groups in total. The van der Waals surface area contributed by atoms with Crippen LogP contribution in [0.15, 0.2) is 0 Å². The second-order valence-corrected chi connectivity index (χ2v) is 5.47. The maximum Gasteiger partial charge on any atom is 0.160 e. The molecule has 0 radical (unpaired) electrons. The summed E-state index contributed by atoms with van der Waals surface area (Å²) in [6, 6.07) is 0.298. The fourth-order valence-corrected chi connectivity index (χ4v) is 3.39. The summed E-state index contributed by atoms with van der Waals surface area (Å²) in [5.74, 6) is 0.361. The van der Waals surface area contributed by atoms with Crippen molar-refractivity contribution in [2.24, 2.45) is 5.92 Å². The molecule has 0 aromatic rings. The maximum atomic E-state index is 10.4. The van der Waals surface area contributed by atoms with Crippen molar-refractivity contribution in [2.75, 3.05) is 39.5 Å². The fraction of sp³-hybridized carbons (Fsp3) is 1.00. The summed E-state index contributed by atoms with van der Waals surface area (Å²) in [7, 11) is 0. The average Bonchev–Trinajstić information content (AvgIpc) is 2.93. The maximum absolute atomic E-state index is 10.4. The van der Waals surface area contributed by atoms with E-state index >= 15 is 0 Å². The quantitative estimate of drug-likeness (QED) is 0.767. The van der Waals surface area contributed by atoms with E-state index in [1.807, 2.05) is 0 Å². The fourth-order valence-electron chi connectivity index (χ4n) is 3.39. The van der Waals surface area contributed by atoms with Crippen LogP contribution >= 0.6 is 0 Å². The van der Waals surface area contributed by atoms with Gasteiger partial charge < -0.3 is 19.3 Å². The van der Waals surface area contributed by atoms with E-state index in [2.05, 4.69) is 4.90 Å². The number of rotatable bonds is 2. The molecule has 5 heteroatoms. The normalized spacial score (nSPS) is 40.2. The zero-order valence-corrected chi connectivity index (χ0v) is 10.8. The number of ether oxygens (including phenoxy) is 3. The summed E-state index contributed by atoms with van der Waals surface area (Å²) in [6.07, 6.45) is 2.59. The summed E-state index contributed by atoms with van der Waals surface area (Å²) in [4.78, 5) is 2.38. The molecule has 2 aliphatic heterocycles. The van der Waals surface area contributed by atoms with Crippen LogP contribution in [0.25, 0.3) is 0 Å². The van der Waals surface area contributed by atoms with Crippen LogP contribution < -0.4 is 0 Å².